The summed E-state index contributed by atoms with van der Waals surface area (Å²) in [5.41, 5.74) is 3.57. The first-order chi connectivity index (χ1) is 14.2. The van der Waals surface area contributed by atoms with Crippen LogP contribution in [0, 0.1) is 5.82 Å². The van der Waals surface area contributed by atoms with Gasteiger partial charge in [0.2, 0.25) is 0 Å². The zero-order valence-corrected chi connectivity index (χ0v) is 16.8. The van der Waals surface area contributed by atoms with Gasteiger partial charge in [-0.2, -0.15) is 0 Å². The molecule has 2 saturated heterocycles. The minimum Gasteiger partial charge on any atom is -0.378 e. The van der Waals surface area contributed by atoms with E-state index in [4.69, 9.17) is 9.47 Å². The van der Waals surface area contributed by atoms with Gasteiger partial charge in [-0.25, -0.2) is 4.39 Å². The van der Waals surface area contributed by atoms with Crippen LogP contribution in [0.3, 0.4) is 0 Å². The van der Waals surface area contributed by atoms with E-state index in [-0.39, 0.29) is 16.8 Å². The van der Waals surface area contributed by atoms with Crippen molar-refractivity contribution in [2.24, 2.45) is 0 Å². The first-order valence-electron chi connectivity index (χ1n) is 10.8. The summed E-state index contributed by atoms with van der Waals surface area (Å²) < 4.78 is 25.4. The Balaban J connectivity index is 1.34. The van der Waals surface area contributed by atoms with Crippen molar-refractivity contribution >= 4 is 0 Å². The maximum Gasteiger partial charge on any atom is 0.141 e. The number of nitrogens with zero attached hydrogens (tertiary/aromatic N) is 1. The van der Waals surface area contributed by atoms with Gasteiger partial charge in [0.15, 0.2) is 0 Å². The molecule has 0 amide bonds. The second kappa shape index (κ2) is 7.78. The van der Waals surface area contributed by atoms with Crippen LogP contribution >= 0.6 is 0 Å². The van der Waals surface area contributed by atoms with Gasteiger partial charge in [0, 0.05) is 36.8 Å². The third-order valence-electron chi connectivity index (χ3n) is 7.11. The normalized spacial score (nSPS) is 31.3. The first kappa shape index (κ1) is 19.2. The topological polar surface area (TPSA) is 43.4 Å². The molecule has 1 spiro atoms. The van der Waals surface area contributed by atoms with E-state index in [2.05, 4.69) is 34.6 Å². The van der Waals surface area contributed by atoms with E-state index < -0.39 is 0 Å². The second-order valence-corrected chi connectivity index (χ2v) is 8.90. The molecule has 4 nitrogen and oxygen atoms in total. The van der Waals surface area contributed by atoms with E-state index >= 15 is 0 Å². The van der Waals surface area contributed by atoms with Gasteiger partial charge in [0.1, 0.15) is 5.82 Å². The third-order valence-corrected chi connectivity index (χ3v) is 7.11. The van der Waals surface area contributed by atoms with Crippen LogP contribution in [0.1, 0.15) is 55.0 Å². The number of aromatic nitrogens is 1. The summed E-state index contributed by atoms with van der Waals surface area (Å²) in [5.74, 6) is -0.282. The van der Waals surface area contributed by atoms with Gasteiger partial charge in [-0.15, -0.1) is 0 Å². The van der Waals surface area contributed by atoms with Crippen LogP contribution in [0.4, 0.5) is 4.39 Å². The van der Waals surface area contributed by atoms with Crippen molar-refractivity contribution in [2.75, 3.05) is 26.4 Å². The van der Waals surface area contributed by atoms with Gasteiger partial charge < -0.3 is 14.8 Å². The predicted octanol–water partition coefficient (Wildman–Crippen LogP) is 4.10. The first-order valence-corrected chi connectivity index (χ1v) is 10.8. The van der Waals surface area contributed by atoms with Crippen LogP contribution < -0.4 is 5.32 Å². The minimum absolute atomic E-state index is 0.106. The minimum atomic E-state index is -0.282. The smallest absolute Gasteiger partial charge is 0.141 e. The van der Waals surface area contributed by atoms with Crippen LogP contribution in [-0.4, -0.2) is 37.0 Å². The molecule has 0 unspecified atom stereocenters. The van der Waals surface area contributed by atoms with E-state index in [0.717, 1.165) is 57.4 Å². The second-order valence-electron chi connectivity index (χ2n) is 8.90. The lowest BCUT2D eigenvalue weighted by molar-refractivity contribution is -0.109. The molecule has 2 aromatic rings. The summed E-state index contributed by atoms with van der Waals surface area (Å²) in [7, 11) is 0. The molecule has 1 aromatic carbocycles. The Morgan fingerprint density at radius 1 is 1.14 bits per heavy atom. The Hall–Kier alpha value is -1.82. The van der Waals surface area contributed by atoms with Crippen molar-refractivity contribution in [1.82, 2.24) is 10.3 Å². The zero-order chi connectivity index (χ0) is 19.7. The largest absolute Gasteiger partial charge is 0.378 e. The van der Waals surface area contributed by atoms with E-state index in [1.165, 1.54) is 23.4 Å². The molecule has 0 radical (unpaired) electrons. The van der Waals surface area contributed by atoms with E-state index in [9.17, 15) is 4.39 Å². The monoisotopic (exact) mass is 396 g/mol. The molecule has 3 heterocycles. The number of rotatable bonds is 5. The highest BCUT2D eigenvalue weighted by atomic mass is 19.1. The summed E-state index contributed by atoms with van der Waals surface area (Å²) in [5, 5.41) is 3.80. The molecular weight excluding hydrogens is 367 g/mol. The maximum absolute atomic E-state index is 13.6. The third kappa shape index (κ3) is 3.72. The van der Waals surface area contributed by atoms with Gasteiger partial charge in [-0.1, -0.05) is 24.3 Å². The van der Waals surface area contributed by atoms with Crippen LogP contribution in [0.5, 0.6) is 0 Å². The number of ether oxygens (including phenoxy) is 2. The summed E-state index contributed by atoms with van der Waals surface area (Å²) in [6.07, 6.45) is 7.35. The fourth-order valence-corrected chi connectivity index (χ4v) is 5.57. The predicted molar refractivity (Wildman–Crippen MR) is 109 cm³/mol. The van der Waals surface area contributed by atoms with Crippen molar-refractivity contribution < 1.29 is 13.9 Å². The molecule has 1 aromatic heterocycles. The molecule has 3 atom stereocenters. The SMILES string of the molecule is Fc1ccc([C@]2(CCN[C@H]3CCc4ccccc43)CCO[C@]3(CCOC3)C2)nc1. The Bertz CT molecular complexity index is 850. The molecule has 1 aliphatic carbocycles. The molecule has 2 aliphatic heterocycles. The molecule has 154 valence electrons. The Morgan fingerprint density at radius 3 is 2.90 bits per heavy atom. The molecule has 5 heteroatoms. The Kier molecular flexibility index (Phi) is 5.14. The van der Waals surface area contributed by atoms with E-state index in [1.54, 1.807) is 0 Å². The molecule has 3 aliphatic rings. The molecule has 2 fully saturated rings. The lowest BCUT2D eigenvalue weighted by Gasteiger charge is -2.45. The fraction of sp³-hybridized carbons (Fsp3) is 0.542. The fourth-order valence-electron chi connectivity index (χ4n) is 5.57. The zero-order valence-electron chi connectivity index (χ0n) is 16.8. The average Bonchev–Trinajstić information content (AvgIpc) is 3.36. The molecular formula is C24H29FN2O2. The average molecular weight is 397 g/mol. The van der Waals surface area contributed by atoms with Crippen LogP contribution in [-0.2, 0) is 21.3 Å². The highest BCUT2D eigenvalue weighted by Crippen LogP contribution is 2.46. The van der Waals surface area contributed by atoms with Gasteiger partial charge in [-0.05, 0) is 61.9 Å². The summed E-state index contributed by atoms with van der Waals surface area (Å²) >= 11 is 0. The standard InChI is InChI=1S/C24H29FN2O2/c25-19-6-8-22(27-15-19)23(10-14-29-24(16-23)11-13-28-17-24)9-12-26-21-7-5-18-3-1-2-4-20(18)21/h1-4,6,8,15,21,26H,5,7,9-14,16-17H2/t21-,23+,24+/m0/s1. The van der Waals surface area contributed by atoms with Crippen molar-refractivity contribution in [2.45, 2.75) is 55.6 Å². The van der Waals surface area contributed by atoms with E-state index in [1.807, 2.05) is 6.07 Å². The Labute approximate surface area is 171 Å². The van der Waals surface area contributed by atoms with Crippen molar-refractivity contribution in [3.05, 3.63) is 65.2 Å². The van der Waals surface area contributed by atoms with E-state index in [0.29, 0.717) is 19.3 Å². The number of nitrogens with one attached hydrogen (secondary N) is 1. The summed E-state index contributed by atoms with van der Waals surface area (Å²) in [6.45, 7) is 3.02. The lowest BCUT2D eigenvalue weighted by Crippen LogP contribution is -2.49. The van der Waals surface area contributed by atoms with Gasteiger partial charge >= 0.3 is 0 Å². The van der Waals surface area contributed by atoms with Gasteiger partial charge in [-0.3, -0.25) is 4.98 Å². The van der Waals surface area contributed by atoms with Crippen LogP contribution in [0.2, 0.25) is 0 Å². The lowest BCUT2D eigenvalue weighted by atomic mass is 9.68. The quantitative estimate of drug-likeness (QED) is 0.827. The highest BCUT2D eigenvalue weighted by Gasteiger charge is 2.49. The highest BCUT2D eigenvalue weighted by molar-refractivity contribution is 5.34. The number of fused-ring (bicyclic) bond motifs is 1. The molecule has 5 rings (SSSR count). The molecule has 29 heavy (non-hydrogen) atoms. The number of pyridine rings is 1. The summed E-state index contributed by atoms with van der Waals surface area (Å²) in [4.78, 5) is 4.52. The molecule has 0 bridgehead atoms. The van der Waals surface area contributed by atoms with Crippen molar-refractivity contribution in [1.29, 1.82) is 0 Å². The number of hydrogen-bond donors (Lipinski definition) is 1. The van der Waals surface area contributed by atoms with Crippen LogP contribution in [0.25, 0.3) is 0 Å². The number of benzene rings is 1. The maximum atomic E-state index is 13.6. The number of aryl methyl sites for hydroxylation is 1. The van der Waals surface area contributed by atoms with Crippen LogP contribution in [0.15, 0.2) is 42.6 Å². The Morgan fingerprint density at radius 2 is 2.07 bits per heavy atom. The van der Waals surface area contributed by atoms with Crippen molar-refractivity contribution in [3.8, 4) is 0 Å². The van der Waals surface area contributed by atoms with Gasteiger partial charge in [0.05, 0.1) is 18.4 Å². The molecule has 0 saturated carbocycles. The molecule has 1 N–H and O–H groups in total. The van der Waals surface area contributed by atoms with Gasteiger partial charge in [0.25, 0.3) is 0 Å². The van der Waals surface area contributed by atoms with Crippen molar-refractivity contribution in [3.63, 3.8) is 0 Å². The number of hydrogen-bond acceptors (Lipinski definition) is 4. The summed E-state index contributed by atoms with van der Waals surface area (Å²) in [6, 6.07) is 12.6. The number of halogens is 1.